The van der Waals surface area contributed by atoms with Crippen LogP contribution in [-0.2, 0) is 23.7 Å². The van der Waals surface area contributed by atoms with Crippen LogP contribution >= 0.6 is 0 Å². The zero-order valence-electron chi connectivity index (χ0n) is 32.7. The fourth-order valence-corrected chi connectivity index (χ4v) is 14.5. The molecule has 288 valence electrons. The SMILES string of the molecule is COC(=O)NCCC1CC(C)C2C(CC3CC4CCC5C(C)(C)C(OC6CN(C(=O)CC7CC7)CCO6)CCCC56CCC6(CCCC32C)C4)O1. The minimum Gasteiger partial charge on any atom is -0.453 e. The Morgan fingerprint density at radius 1 is 0.941 bits per heavy atom. The van der Waals surface area contributed by atoms with Crippen LogP contribution in [0.15, 0.2) is 0 Å². The lowest BCUT2D eigenvalue weighted by Gasteiger charge is -2.66. The highest BCUT2D eigenvalue weighted by atomic mass is 16.7. The van der Waals surface area contributed by atoms with Crippen LogP contribution in [0.5, 0.6) is 0 Å². The normalized spacial score (nSPS) is 46.2. The molecule has 1 N–H and O–H groups in total. The second-order valence-electron chi connectivity index (χ2n) is 20.0. The van der Waals surface area contributed by atoms with Crippen molar-refractivity contribution in [2.24, 2.45) is 57.2 Å². The number of carbonyl (C=O) groups excluding carboxylic acids is 2. The van der Waals surface area contributed by atoms with Crippen molar-refractivity contribution in [1.82, 2.24) is 10.2 Å². The number of alkyl carbamates (subject to hydrolysis) is 1. The van der Waals surface area contributed by atoms with E-state index in [0.29, 0.717) is 84.6 Å². The van der Waals surface area contributed by atoms with Crippen molar-refractivity contribution in [2.45, 2.75) is 168 Å². The second kappa shape index (κ2) is 14.0. The maximum atomic E-state index is 13.0. The molecule has 2 aliphatic heterocycles. The Kier molecular flexibility index (Phi) is 10.1. The number of rotatable bonds is 7. The molecule has 6 aliphatic carbocycles. The van der Waals surface area contributed by atoms with Gasteiger partial charge in [-0.25, -0.2) is 4.79 Å². The van der Waals surface area contributed by atoms with Gasteiger partial charge in [0.05, 0.1) is 38.6 Å². The molecule has 2 spiro atoms. The summed E-state index contributed by atoms with van der Waals surface area (Å²) in [5.41, 5.74) is 1.36. The van der Waals surface area contributed by atoms with Gasteiger partial charge in [-0.05, 0) is 147 Å². The maximum absolute atomic E-state index is 13.0. The monoisotopic (exact) mass is 711 g/mol. The molecule has 6 saturated carbocycles. The molecule has 2 saturated heterocycles. The number of hydrogen-bond acceptors (Lipinski definition) is 6. The van der Waals surface area contributed by atoms with Gasteiger partial charge in [0, 0.05) is 19.5 Å². The van der Waals surface area contributed by atoms with Gasteiger partial charge in [-0.15, -0.1) is 0 Å². The van der Waals surface area contributed by atoms with Gasteiger partial charge in [0.1, 0.15) is 0 Å². The molecule has 0 aromatic carbocycles. The maximum Gasteiger partial charge on any atom is 0.406 e. The van der Waals surface area contributed by atoms with Gasteiger partial charge in [0.25, 0.3) is 0 Å². The van der Waals surface area contributed by atoms with Gasteiger partial charge in [-0.2, -0.15) is 0 Å². The largest absolute Gasteiger partial charge is 0.453 e. The topological polar surface area (TPSA) is 86.3 Å². The van der Waals surface area contributed by atoms with E-state index in [1.807, 2.05) is 4.90 Å². The molecular formula is C43H70N2O6. The zero-order valence-corrected chi connectivity index (χ0v) is 32.7. The molecule has 51 heavy (non-hydrogen) atoms. The molecule has 8 aliphatic rings. The number of ether oxygens (including phenoxy) is 4. The minimum absolute atomic E-state index is 0.0721. The smallest absolute Gasteiger partial charge is 0.406 e. The third-order valence-electron chi connectivity index (χ3n) is 17.1. The van der Waals surface area contributed by atoms with E-state index in [0.717, 1.165) is 31.1 Å². The highest BCUT2D eigenvalue weighted by Gasteiger charge is 2.68. The number of methoxy groups -OCH3 is 1. The lowest BCUT2D eigenvalue weighted by Crippen LogP contribution is -2.59. The summed E-state index contributed by atoms with van der Waals surface area (Å²) in [6, 6.07) is 0. The van der Waals surface area contributed by atoms with Gasteiger partial charge in [0.2, 0.25) is 5.91 Å². The fraction of sp³-hybridized carbons (Fsp3) is 0.953. The molecule has 8 fully saturated rings. The second-order valence-corrected chi connectivity index (χ2v) is 20.0. The highest BCUT2D eigenvalue weighted by Crippen LogP contribution is 2.75. The first-order valence-electron chi connectivity index (χ1n) is 21.5. The molecule has 8 heteroatoms. The van der Waals surface area contributed by atoms with E-state index in [9.17, 15) is 9.59 Å². The molecule has 0 radical (unpaired) electrons. The lowest BCUT2D eigenvalue weighted by molar-refractivity contribution is -0.238. The standard InChI is InChI=1S/C43H70N2O6/c1-28-22-32(13-19-44-39(47)48-5)50-33-25-31-23-30-11-12-34-40(2,3)35(51-37-27-45(20-21-49-37)36(46)24-29-9-10-29)8-6-16-43(34)18-17-42(43,26-30)15-7-14-41(31,4)38(28)33/h28-35,37-38H,6-27H2,1-5H3,(H,44,47). The van der Waals surface area contributed by atoms with Crippen LogP contribution < -0.4 is 5.32 Å². The molecule has 8 nitrogen and oxygen atoms in total. The number of hydrogen-bond donors (Lipinski definition) is 1. The summed E-state index contributed by atoms with van der Waals surface area (Å²) in [5.74, 6) is 4.42. The molecule has 2 heterocycles. The zero-order chi connectivity index (χ0) is 35.6. The first-order chi connectivity index (χ1) is 24.5. The predicted molar refractivity (Wildman–Crippen MR) is 197 cm³/mol. The van der Waals surface area contributed by atoms with E-state index in [1.54, 1.807) is 0 Å². The van der Waals surface area contributed by atoms with Crippen molar-refractivity contribution >= 4 is 12.0 Å². The van der Waals surface area contributed by atoms with Crippen molar-refractivity contribution in [1.29, 1.82) is 0 Å². The van der Waals surface area contributed by atoms with Crippen molar-refractivity contribution in [3.05, 3.63) is 0 Å². The Balaban J connectivity index is 0.967. The molecule has 12 unspecified atom stereocenters. The van der Waals surface area contributed by atoms with Gasteiger partial charge >= 0.3 is 6.09 Å². The molecule has 0 aromatic heterocycles. The first kappa shape index (κ1) is 36.6. The quantitative estimate of drug-likeness (QED) is 0.285. The number of nitrogens with one attached hydrogen (secondary N) is 1. The van der Waals surface area contributed by atoms with Crippen LogP contribution in [0.2, 0.25) is 0 Å². The number of fused-ring (bicyclic) bond motifs is 4. The van der Waals surface area contributed by atoms with E-state index in [2.05, 4.69) is 33.0 Å². The summed E-state index contributed by atoms with van der Waals surface area (Å²) in [4.78, 5) is 26.7. The first-order valence-corrected chi connectivity index (χ1v) is 21.5. The molecule has 2 amide bonds. The summed E-state index contributed by atoms with van der Waals surface area (Å²) in [6.45, 7) is 12.8. The Bertz CT molecular complexity index is 1290. The average molecular weight is 711 g/mol. The molecule has 2 bridgehead atoms. The van der Waals surface area contributed by atoms with E-state index in [4.69, 9.17) is 18.9 Å². The summed E-state index contributed by atoms with van der Waals surface area (Å²) in [6.07, 6.45) is 22.6. The Hall–Kier alpha value is -1.38. The molecule has 12 atom stereocenters. The number of morpholine rings is 1. The average Bonchev–Trinajstić information content (AvgIpc) is 3.88. The van der Waals surface area contributed by atoms with Crippen LogP contribution in [0.4, 0.5) is 4.79 Å². The number of carbonyl (C=O) groups is 2. The number of amides is 2. The van der Waals surface area contributed by atoms with E-state index in [-0.39, 0.29) is 30.0 Å². The molecule has 8 rings (SSSR count). The van der Waals surface area contributed by atoms with Crippen LogP contribution in [-0.4, -0.2) is 74.9 Å². The van der Waals surface area contributed by atoms with Gasteiger partial charge in [-0.1, -0.05) is 47.0 Å². The van der Waals surface area contributed by atoms with E-state index in [1.165, 1.54) is 97.0 Å². The summed E-state index contributed by atoms with van der Waals surface area (Å²) in [5, 5.41) is 2.87. The van der Waals surface area contributed by atoms with Crippen LogP contribution in [0.25, 0.3) is 0 Å². The van der Waals surface area contributed by atoms with Crippen molar-refractivity contribution in [3.8, 4) is 0 Å². The van der Waals surface area contributed by atoms with E-state index >= 15 is 0 Å². The Morgan fingerprint density at radius 3 is 2.55 bits per heavy atom. The minimum atomic E-state index is -0.349. The summed E-state index contributed by atoms with van der Waals surface area (Å²) < 4.78 is 25.0. The van der Waals surface area contributed by atoms with Crippen LogP contribution in [0.3, 0.4) is 0 Å². The fourth-order valence-electron chi connectivity index (χ4n) is 14.5. The van der Waals surface area contributed by atoms with E-state index < -0.39 is 0 Å². The highest BCUT2D eigenvalue weighted by molar-refractivity contribution is 5.76. The molecular weight excluding hydrogens is 640 g/mol. The lowest BCUT2D eigenvalue weighted by atomic mass is 9.39. The Labute approximate surface area is 308 Å². The summed E-state index contributed by atoms with van der Waals surface area (Å²) >= 11 is 0. The van der Waals surface area contributed by atoms with Crippen molar-refractivity contribution in [3.63, 3.8) is 0 Å². The summed E-state index contributed by atoms with van der Waals surface area (Å²) in [7, 11) is 1.43. The van der Waals surface area contributed by atoms with Crippen molar-refractivity contribution in [2.75, 3.05) is 33.4 Å². The third kappa shape index (κ3) is 6.59. The van der Waals surface area contributed by atoms with Gasteiger partial charge < -0.3 is 29.2 Å². The van der Waals surface area contributed by atoms with Gasteiger partial charge in [0.15, 0.2) is 6.29 Å². The number of nitrogens with zero attached hydrogens (tertiary/aromatic N) is 1. The third-order valence-corrected chi connectivity index (χ3v) is 17.1. The Morgan fingerprint density at radius 2 is 1.78 bits per heavy atom. The van der Waals surface area contributed by atoms with Crippen molar-refractivity contribution < 1.29 is 28.5 Å². The van der Waals surface area contributed by atoms with Gasteiger partial charge in [-0.3, -0.25) is 4.79 Å². The van der Waals surface area contributed by atoms with Crippen LogP contribution in [0.1, 0.15) is 143 Å². The molecule has 0 aromatic rings. The van der Waals surface area contributed by atoms with Crippen LogP contribution in [0, 0.1) is 57.2 Å². The predicted octanol–water partition coefficient (Wildman–Crippen LogP) is 8.51.